The Morgan fingerprint density at radius 1 is 1.14 bits per heavy atom. The van der Waals surface area contributed by atoms with Gasteiger partial charge in [0.05, 0.1) is 12.7 Å². The average molecular weight is 406 g/mol. The van der Waals surface area contributed by atoms with Crippen molar-refractivity contribution in [1.29, 1.82) is 0 Å². The molecule has 1 heterocycles. The van der Waals surface area contributed by atoms with E-state index in [2.05, 4.69) is 5.32 Å². The molecule has 1 aliphatic rings. The number of methoxy groups -OCH3 is 1. The van der Waals surface area contributed by atoms with E-state index >= 15 is 0 Å². The third-order valence-electron chi connectivity index (χ3n) is 4.90. The Morgan fingerprint density at radius 3 is 2.52 bits per heavy atom. The Morgan fingerprint density at radius 2 is 1.86 bits per heavy atom. The van der Waals surface area contributed by atoms with Crippen LogP contribution in [0.2, 0.25) is 0 Å². The summed E-state index contributed by atoms with van der Waals surface area (Å²) in [5.74, 6) is -0.0917. The van der Waals surface area contributed by atoms with Gasteiger partial charge in [-0.2, -0.15) is 13.2 Å². The number of nitrogens with zero attached hydrogens (tertiary/aromatic N) is 1. The molecule has 0 bridgehead atoms. The molecular weight excluding hydrogens is 385 g/mol. The molecule has 5 nitrogen and oxygen atoms in total. The monoisotopic (exact) mass is 406 g/mol. The van der Waals surface area contributed by atoms with Crippen molar-refractivity contribution in [2.75, 3.05) is 25.5 Å². The molecule has 0 aromatic heterocycles. The predicted molar refractivity (Wildman–Crippen MR) is 102 cm³/mol. The molecular formula is C21H21F3N2O3. The van der Waals surface area contributed by atoms with E-state index in [4.69, 9.17) is 4.74 Å². The first-order chi connectivity index (χ1) is 13.8. The zero-order valence-electron chi connectivity index (χ0n) is 15.8. The molecule has 29 heavy (non-hydrogen) atoms. The van der Waals surface area contributed by atoms with Crippen molar-refractivity contribution in [2.24, 2.45) is 5.92 Å². The van der Waals surface area contributed by atoms with E-state index < -0.39 is 17.7 Å². The average Bonchev–Trinajstić information content (AvgIpc) is 2.73. The van der Waals surface area contributed by atoms with E-state index in [9.17, 15) is 22.8 Å². The molecule has 2 aromatic carbocycles. The van der Waals surface area contributed by atoms with Gasteiger partial charge in [0.1, 0.15) is 5.75 Å². The number of halogens is 3. The van der Waals surface area contributed by atoms with Crippen molar-refractivity contribution in [3.63, 3.8) is 0 Å². The number of alkyl halides is 3. The van der Waals surface area contributed by atoms with Gasteiger partial charge in [0.15, 0.2) is 5.78 Å². The van der Waals surface area contributed by atoms with Gasteiger partial charge in [-0.05, 0) is 37.1 Å². The fourth-order valence-electron chi connectivity index (χ4n) is 3.34. The molecule has 154 valence electrons. The summed E-state index contributed by atoms with van der Waals surface area (Å²) in [7, 11) is 1.53. The largest absolute Gasteiger partial charge is 0.497 e. The smallest absolute Gasteiger partial charge is 0.416 e. The molecule has 0 spiro atoms. The fraction of sp³-hybridized carbons (Fsp3) is 0.333. The first kappa shape index (κ1) is 20.7. The Kier molecular flexibility index (Phi) is 6.10. The van der Waals surface area contributed by atoms with E-state index in [1.165, 1.54) is 19.2 Å². The number of ketones is 1. The molecule has 8 heteroatoms. The number of hydrogen-bond donors (Lipinski definition) is 1. The molecule has 1 atom stereocenters. The van der Waals surface area contributed by atoms with Crippen LogP contribution in [0, 0.1) is 5.92 Å². The lowest BCUT2D eigenvalue weighted by Crippen LogP contribution is -2.44. The second kappa shape index (κ2) is 8.55. The number of piperidine rings is 1. The summed E-state index contributed by atoms with van der Waals surface area (Å²) in [6.45, 7) is 0.724. The summed E-state index contributed by atoms with van der Waals surface area (Å²) in [6.07, 6.45) is -3.22. The summed E-state index contributed by atoms with van der Waals surface area (Å²) < 4.78 is 43.2. The minimum Gasteiger partial charge on any atom is -0.497 e. The Bertz CT molecular complexity index is 881. The number of likely N-dealkylation sites (tertiary alicyclic amines) is 1. The van der Waals surface area contributed by atoms with Gasteiger partial charge in [0.25, 0.3) is 0 Å². The lowest BCUT2D eigenvalue weighted by Gasteiger charge is -2.32. The summed E-state index contributed by atoms with van der Waals surface area (Å²) in [4.78, 5) is 26.8. The van der Waals surface area contributed by atoms with Crippen LogP contribution in [0.5, 0.6) is 5.75 Å². The molecule has 2 aromatic rings. The van der Waals surface area contributed by atoms with Crippen LogP contribution in [0.15, 0.2) is 48.5 Å². The number of ether oxygens (including phenoxy) is 1. The van der Waals surface area contributed by atoms with Crippen molar-refractivity contribution in [2.45, 2.75) is 19.0 Å². The number of rotatable bonds is 4. The Balaban J connectivity index is 1.65. The van der Waals surface area contributed by atoms with Crippen molar-refractivity contribution in [3.05, 3.63) is 59.7 Å². The zero-order chi connectivity index (χ0) is 21.0. The molecule has 1 N–H and O–H groups in total. The normalized spacial score (nSPS) is 17.0. The van der Waals surface area contributed by atoms with Crippen LogP contribution >= 0.6 is 0 Å². The van der Waals surface area contributed by atoms with Crippen molar-refractivity contribution < 1.29 is 27.5 Å². The maximum absolute atomic E-state index is 12.7. The first-order valence-electron chi connectivity index (χ1n) is 9.19. The van der Waals surface area contributed by atoms with Gasteiger partial charge in [0.2, 0.25) is 0 Å². The number of Topliss-reactive ketones (excluding diaryl/α,β-unsaturated/α-hetero) is 1. The number of urea groups is 1. The predicted octanol–water partition coefficient (Wildman–Crippen LogP) is 4.84. The molecule has 0 unspecified atom stereocenters. The van der Waals surface area contributed by atoms with E-state index in [1.54, 1.807) is 29.2 Å². The van der Waals surface area contributed by atoms with Crippen molar-refractivity contribution in [1.82, 2.24) is 4.90 Å². The zero-order valence-corrected chi connectivity index (χ0v) is 15.8. The Hall–Kier alpha value is -3.03. The van der Waals surface area contributed by atoms with Crippen LogP contribution in [-0.2, 0) is 6.18 Å². The third kappa shape index (κ3) is 5.07. The first-order valence-corrected chi connectivity index (χ1v) is 9.19. The van der Waals surface area contributed by atoms with Crippen LogP contribution in [0.4, 0.5) is 23.7 Å². The molecule has 2 amide bonds. The summed E-state index contributed by atoms with van der Waals surface area (Å²) in [6, 6.07) is 10.8. The summed E-state index contributed by atoms with van der Waals surface area (Å²) >= 11 is 0. The molecule has 0 aliphatic carbocycles. The highest BCUT2D eigenvalue weighted by Gasteiger charge is 2.32. The highest BCUT2D eigenvalue weighted by Crippen LogP contribution is 2.30. The number of hydrogen-bond acceptors (Lipinski definition) is 3. The minimum atomic E-state index is -4.44. The number of amides is 2. The maximum Gasteiger partial charge on any atom is 0.416 e. The van der Waals surface area contributed by atoms with E-state index in [0.29, 0.717) is 30.8 Å². The minimum absolute atomic E-state index is 0.218. The fourth-order valence-corrected chi connectivity index (χ4v) is 3.34. The van der Waals surface area contributed by atoms with Crippen molar-refractivity contribution >= 4 is 17.5 Å². The number of carbonyl (C=O) groups is 2. The van der Waals surface area contributed by atoms with Crippen LogP contribution < -0.4 is 10.1 Å². The molecule has 3 rings (SSSR count). The maximum atomic E-state index is 12.7. The number of nitrogens with one attached hydrogen (secondary N) is 1. The lowest BCUT2D eigenvalue weighted by molar-refractivity contribution is -0.137. The van der Waals surface area contributed by atoms with E-state index in [-0.39, 0.29) is 23.9 Å². The standard InChI is InChI=1S/C21H21F3N2O3/c1-29-18-6-2-5-17(12-18)25-20(28)26-11-3-4-15(13-26)19(27)14-7-9-16(10-8-14)21(22,23)24/h2,5-10,12,15H,3-4,11,13H2,1H3,(H,25,28)/t15-/m1/s1. The summed E-state index contributed by atoms with van der Waals surface area (Å²) in [5, 5.41) is 2.78. The quantitative estimate of drug-likeness (QED) is 0.739. The van der Waals surface area contributed by atoms with Crippen LogP contribution in [0.3, 0.4) is 0 Å². The van der Waals surface area contributed by atoms with Gasteiger partial charge in [-0.3, -0.25) is 4.79 Å². The molecule has 1 aliphatic heterocycles. The van der Waals surface area contributed by atoms with Crippen LogP contribution in [0.1, 0.15) is 28.8 Å². The number of anilines is 1. The number of carbonyl (C=O) groups excluding carboxylic acids is 2. The second-order valence-electron chi connectivity index (χ2n) is 6.89. The molecule has 0 saturated carbocycles. The van der Waals surface area contributed by atoms with Gasteiger partial charge in [-0.1, -0.05) is 18.2 Å². The van der Waals surface area contributed by atoms with E-state index in [1.807, 2.05) is 0 Å². The highest BCUT2D eigenvalue weighted by molar-refractivity contribution is 5.98. The SMILES string of the molecule is COc1cccc(NC(=O)N2CCC[C@@H](C(=O)c3ccc(C(F)(F)F)cc3)C2)c1. The second-order valence-corrected chi connectivity index (χ2v) is 6.89. The molecule has 0 radical (unpaired) electrons. The van der Waals surface area contributed by atoms with Gasteiger partial charge < -0.3 is 15.0 Å². The molecule has 1 saturated heterocycles. The van der Waals surface area contributed by atoms with Crippen molar-refractivity contribution in [3.8, 4) is 5.75 Å². The third-order valence-corrected chi connectivity index (χ3v) is 4.90. The van der Waals surface area contributed by atoms with Crippen LogP contribution in [-0.4, -0.2) is 36.9 Å². The Labute approximate surface area is 166 Å². The molecule has 1 fully saturated rings. The van der Waals surface area contributed by atoms with Gasteiger partial charge >= 0.3 is 12.2 Å². The van der Waals surface area contributed by atoms with Gasteiger partial charge in [-0.25, -0.2) is 4.79 Å². The van der Waals surface area contributed by atoms with Gasteiger partial charge in [0, 0.05) is 36.3 Å². The lowest BCUT2D eigenvalue weighted by atomic mass is 9.90. The number of benzene rings is 2. The van der Waals surface area contributed by atoms with Gasteiger partial charge in [-0.15, -0.1) is 0 Å². The van der Waals surface area contributed by atoms with E-state index in [0.717, 1.165) is 12.1 Å². The van der Waals surface area contributed by atoms with Crippen LogP contribution in [0.25, 0.3) is 0 Å². The highest BCUT2D eigenvalue weighted by atomic mass is 19.4. The topological polar surface area (TPSA) is 58.6 Å². The summed E-state index contributed by atoms with van der Waals surface area (Å²) in [5.41, 5.74) is 0.000538.